The third kappa shape index (κ3) is 5.11. The average molecular weight is 388 g/mol. The van der Waals surface area contributed by atoms with Gasteiger partial charge in [0, 0.05) is 17.2 Å². The topological polar surface area (TPSA) is 61.8 Å². The highest BCUT2D eigenvalue weighted by atomic mass is 16.5. The van der Waals surface area contributed by atoms with Crippen molar-refractivity contribution in [2.75, 3.05) is 14.2 Å². The van der Waals surface area contributed by atoms with Crippen molar-refractivity contribution >= 4 is 17.8 Å². The summed E-state index contributed by atoms with van der Waals surface area (Å²) in [5.41, 5.74) is 1.90. The van der Waals surface area contributed by atoms with E-state index in [1.165, 1.54) is 6.08 Å². The van der Waals surface area contributed by atoms with E-state index in [1.54, 1.807) is 74.9 Å². The molecule has 3 rings (SSSR count). The molecule has 3 aromatic carbocycles. The first-order valence-electron chi connectivity index (χ1n) is 8.92. The van der Waals surface area contributed by atoms with Crippen LogP contribution in [0.25, 0.3) is 6.08 Å². The van der Waals surface area contributed by atoms with Gasteiger partial charge in [-0.15, -0.1) is 0 Å². The van der Waals surface area contributed by atoms with E-state index in [1.807, 2.05) is 18.2 Å². The summed E-state index contributed by atoms with van der Waals surface area (Å²) in [5, 5.41) is 0. The lowest BCUT2D eigenvalue weighted by molar-refractivity contribution is -0.128. The summed E-state index contributed by atoms with van der Waals surface area (Å²) in [6.45, 7) is 0. The quantitative estimate of drug-likeness (QED) is 0.257. The second-order valence-electron chi connectivity index (χ2n) is 6.09. The van der Waals surface area contributed by atoms with Gasteiger partial charge in [0.05, 0.1) is 14.2 Å². The summed E-state index contributed by atoms with van der Waals surface area (Å²) in [7, 11) is 3.11. The second kappa shape index (κ2) is 9.37. The summed E-state index contributed by atoms with van der Waals surface area (Å²) in [6.07, 6.45) is 2.95. The standard InChI is InChI=1S/C24H20O5/c1-27-21-14-8-17(16-22(21)28-2)9-15-23(25)29-20-12-10-19(11-13-20)24(26)18-6-4-3-5-7-18/h3-16H,1-2H3/b15-9+. The molecule has 0 aromatic heterocycles. The Bertz CT molecular complexity index is 1020. The zero-order valence-corrected chi connectivity index (χ0v) is 16.1. The van der Waals surface area contributed by atoms with E-state index in [2.05, 4.69) is 0 Å². The van der Waals surface area contributed by atoms with Crippen LogP contribution in [0, 0.1) is 0 Å². The first-order chi connectivity index (χ1) is 14.1. The summed E-state index contributed by atoms with van der Waals surface area (Å²) in [6, 6.07) is 20.8. The lowest BCUT2D eigenvalue weighted by Gasteiger charge is -2.07. The third-order valence-electron chi connectivity index (χ3n) is 4.19. The Morgan fingerprint density at radius 3 is 2.07 bits per heavy atom. The highest BCUT2D eigenvalue weighted by Crippen LogP contribution is 2.28. The Kier molecular flexibility index (Phi) is 6.43. The minimum atomic E-state index is -0.526. The molecular weight excluding hydrogens is 368 g/mol. The van der Waals surface area contributed by atoms with Crippen molar-refractivity contribution in [1.82, 2.24) is 0 Å². The Morgan fingerprint density at radius 2 is 1.41 bits per heavy atom. The first-order valence-corrected chi connectivity index (χ1v) is 8.92. The fourth-order valence-electron chi connectivity index (χ4n) is 2.70. The van der Waals surface area contributed by atoms with E-state index in [-0.39, 0.29) is 5.78 Å². The van der Waals surface area contributed by atoms with Gasteiger partial charge in [-0.3, -0.25) is 4.79 Å². The molecule has 0 unspecified atom stereocenters. The monoisotopic (exact) mass is 388 g/mol. The predicted molar refractivity (Wildman–Crippen MR) is 111 cm³/mol. The molecule has 0 aliphatic rings. The van der Waals surface area contributed by atoms with Crippen molar-refractivity contribution < 1.29 is 23.8 Å². The number of hydrogen-bond acceptors (Lipinski definition) is 5. The number of carbonyl (C=O) groups is 2. The number of benzene rings is 3. The highest BCUT2D eigenvalue weighted by molar-refractivity contribution is 6.09. The summed E-state index contributed by atoms with van der Waals surface area (Å²) in [4.78, 5) is 24.5. The molecule has 0 atom stereocenters. The molecule has 0 radical (unpaired) electrons. The molecule has 0 amide bonds. The number of ether oxygens (including phenoxy) is 3. The van der Waals surface area contributed by atoms with Gasteiger partial charge in [0.25, 0.3) is 0 Å². The van der Waals surface area contributed by atoms with Crippen LogP contribution in [-0.2, 0) is 4.79 Å². The molecule has 3 aromatic rings. The minimum absolute atomic E-state index is 0.0863. The van der Waals surface area contributed by atoms with Crippen LogP contribution in [0.3, 0.4) is 0 Å². The molecule has 0 saturated heterocycles. The number of carbonyl (C=O) groups excluding carboxylic acids is 2. The van der Waals surface area contributed by atoms with E-state index in [9.17, 15) is 9.59 Å². The van der Waals surface area contributed by atoms with Gasteiger partial charge in [0.15, 0.2) is 17.3 Å². The van der Waals surface area contributed by atoms with Crippen molar-refractivity contribution in [3.8, 4) is 17.2 Å². The van der Waals surface area contributed by atoms with E-state index < -0.39 is 5.97 Å². The largest absolute Gasteiger partial charge is 0.493 e. The number of esters is 1. The highest BCUT2D eigenvalue weighted by Gasteiger charge is 2.09. The zero-order chi connectivity index (χ0) is 20.6. The van der Waals surface area contributed by atoms with Crippen molar-refractivity contribution in [1.29, 1.82) is 0 Å². The third-order valence-corrected chi connectivity index (χ3v) is 4.19. The molecule has 0 N–H and O–H groups in total. The van der Waals surface area contributed by atoms with Crippen LogP contribution in [0.15, 0.2) is 78.9 Å². The van der Waals surface area contributed by atoms with Crippen LogP contribution in [0.4, 0.5) is 0 Å². The van der Waals surface area contributed by atoms with Crippen LogP contribution in [0.2, 0.25) is 0 Å². The summed E-state index contributed by atoms with van der Waals surface area (Å²) < 4.78 is 15.7. The molecule has 0 fully saturated rings. The molecule has 5 heteroatoms. The molecule has 5 nitrogen and oxygen atoms in total. The Labute approximate surface area is 169 Å². The lowest BCUT2D eigenvalue weighted by Crippen LogP contribution is -2.05. The number of ketones is 1. The lowest BCUT2D eigenvalue weighted by atomic mass is 10.0. The predicted octanol–water partition coefficient (Wildman–Crippen LogP) is 4.55. The van der Waals surface area contributed by atoms with Crippen LogP contribution in [0.5, 0.6) is 17.2 Å². The minimum Gasteiger partial charge on any atom is -0.493 e. The van der Waals surface area contributed by atoms with Gasteiger partial charge in [0.1, 0.15) is 5.75 Å². The first kappa shape index (κ1) is 19.9. The zero-order valence-electron chi connectivity index (χ0n) is 16.1. The number of hydrogen-bond donors (Lipinski definition) is 0. The van der Waals surface area contributed by atoms with Crippen LogP contribution >= 0.6 is 0 Å². The molecule has 0 bridgehead atoms. The van der Waals surface area contributed by atoms with Crippen LogP contribution < -0.4 is 14.2 Å². The van der Waals surface area contributed by atoms with Gasteiger partial charge in [0.2, 0.25) is 0 Å². The molecule has 0 aliphatic carbocycles. The Balaban J connectivity index is 1.64. The van der Waals surface area contributed by atoms with Crippen molar-refractivity contribution in [3.05, 3.63) is 95.6 Å². The maximum atomic E-state index is 12.4. The average Bonchev–Trinajstić information content (AvgIpc) is 2.78. The van der Waals surface area contributed by atoms with Crippen molar-refractivity contribution in [2.24, 2.45) is 0 Å². The summed E-state index contributed by atoms with van der Waals surface area (Å²) >= 11 is 0. The van der Waals surface area contributed by atoms with Crippen LogP contribution in [0.1, 0.15) is 21.5 Å². The molecule has 0 aliphatic heterocycles. The second-order valence-corrected chi connectivity index (χ2v) is 6.09. The van der Waals surface area contributed by atoms with Crippen LogP contribution in [-0.4, -0.2) is 26.0 Å². The van der Waals surface area contributed by atoms with E-state index in [0.29, 0.717) is 28.4 Å². The maximum Gasteiger partial charge on any atom is 0.336 e. The van der Waals surface area contributed by atoms with E-state index in [4.69, 9.17) is 14.2 Å². The van der Waals surface area contributed by atoms with E-state index in [0.717, 1.165) is 5.56 Å². The van der Waals surface area contributed by atoms with Gasteiger partial charge in [-0.05, 0) is 48.0 Å². The Morgan fingerprint density at radius 1 is 0.759 bits per heavy atom. The smallest absolute Gasteiger partial charge is 0.336 e. The SMILES string of the molecule is COc1ccc(/C=C/C(=O)Oc2ccc(C(=O)c3ccccc3)cc2)cc1OC. The van der Waals surface area contributed by atoms with Gasteiger partial charge >= 0.3 is 5.97 Å². The van der Waals surface area contributed by atoms with E-state index >= 15 is 0 Å². The van der Waals surface area contributed by atoms with Crippen molar-refractivity contribution in [2.45, 2.75) is 0 Å². The number of rotatable bonds is 7. The van der Waals surface area contributed by atoms with Gasteiger partial charge in [-0.25, -0.2) is 4.79 Å². The normalized spacial score (nSPS) is 10.6. The molecule has 0 saturated carbocycles. The summed E-state index contributed by atoms with van der Waals surface area (Å²) in [5.74, 6) is 0.925. The molecule has 0 spiro atoms. The molecule has 29 heavy (non-hydrogen) atoms. The van der Waals surface area contributed by atoms with Gasteiger partial charge in [-0.2, -0.15) is 0 Å². The van der Waals surface area contributed by atoms with Crippen molar-refractivity contribution in [3.63, 3.8) is 0 Å². The number of methoxy groups -OCH3 is 2. The van der Waals surface area contributed by atoms with Gasteiger partial charge in [-0.1, -0.05) is 36.4 Å². The molecular formula is C24H20O5. The Hall–Kier alpha value is -3.86. The fraction of sp³-hybridized carbons (Fsp3) is 0.0833. The maximum absolute atomic E-state index is 12.4. The van der Waals surface area contributed by atoms with Gasteiger partial charge < -0.3 is 14.2 Å². The molecule has 0 heterocycles. The fourth-order valence-corrected chi connectivity index (χ4v) is 2.70. The molecule has 146 valence electrons.